The molecule has 0 radical (unpaired) electrons. The highest BCUT2D eigenvalue weighted by atomic mass is 19.1. The molecular weight excluding hydrogens is 403 g/mol. The van der Waals surface area contributed by atoms with Gasteiger partial charge in [-0.15, -0.1) is 0 Å². The number of pyridine rings is 1. The first-order chi connectivity index (χ1) is 15.6. The third kappa shape index (κ3) is 2.88. The van der Waals surface area contributed by atoms with Gasteiger partial charge in [0, 0.05) is 30.9 Å². The number of rotatable bonds is 2. The van der Waals surface area contributed by atoms with Crippen LogP contribution in [0.5, 0.6) is 0 Å². The lowest BCUT2D eigenvalue weighted by atomic mass is 9.73. The molecule has 4 heterocycles. The van der Waals surface area contributed by atoms with Gasteiger partial charge < -0.3 is 10.6 Å². The highest BCUT2D eigenvalue weighted by molar-refractivity contribution is 6.13. The monoisotopic (exact) mass is 428 g/mol. The zero-order valence-electron chi connectivity index (χ0n) is 18.1. The van der Waals surface area contributed by atoms with Crippen LogP contribution < -0.4 is 10.6 Å². The molecule has 1 spiro atoms. The van der Waals surface area contributed by atoms with E-state index in [1.54, 1.807) is 25.4 Å². The minimum Gasteiger partial charge on any atom is -0.355 e. The number of nitrogens with two attached hydrogens (primary N) is 1. The van der Waals surface area contributed by atoms with E-state index in [1.807, 2.05) is 0 Å². The van der Waals surface area contributed by atoms with Crippen molar-refractivity contribution in [1.82, 2.24) is 15.0 Å². The summed E-state index contributed by atoms with van der Waals surface area (Å²) in [7, 11) is 0. The Morgan fingerprint density at radius 3 is 2.75 bits per heavy atom. The van der Waals surface area contributed by atoms with E-state index in [0.29, 0.717) is 29.2 Å². The predicted octanol–water partition coefficient (Wildman–Crippen LogP) is 3.51. The first-order valence-corrected chi connectivity index (χ1v) is 11.2. The molecule has 3 aromatic rings. The van der Waals surface area contributed by atoms with Crippen molar-refractivity contribution >= 4 is 11.5 Å². The van der Waals surface area contributed by atoms with E-state index in [0.717, 1.165) is 43.9 Å². The second-order valence-corrected chi connectivity index (χ2v) is 9.15. The lowest BCUT2D eigenvalue weighted by Gasteiger charge is -2.42. The van der Waals surface area contributed by atoms with Crippen molar-refractivity contribution in [1.29, 1.82) is 0 Å². The van der Waals surface area contributed by atoms with E-state index in [4.69, 9.17) is 10.7 Å². The molecule has 0 amide bonds. The number of halogens is 1. The zero-order valence-corrected chi connectivity index (χ0v) is 18.1. The maximum Gasteiger partial charge on any atom is 0.153 e. The average Bonchev–Trinajstić information content (AvgIpc) is 3.35. The molecule has 32 heavy (non-hydrogen) atoms. The fourth-order valence-corrected chi connectivity index (χ4v) is 5.54. The SMILES string of the molecule is Cc1nccc(C2=NCc3nc(N4CCC5(CC4)Cc4ccccc4[C@H]5N)cnc32)c1F. The molecule has 3 aliphatic rings. The quantitative estimate of drug-likeness (QED) is 0.676. The van der Waals surface area contributed by atoms with Crippen molar-refractivity contribution in [2.45, 2.75) is 38.8 Å². The van der Waals surface area contributed by atoms with E-state index < -0.39 is 0 Å². The topological polar surface area (TPSA) is 80.3 Å². The lowest BCUT2D eigenvalue weighted by Crippen LogP contribution is -2.44. The Hall–Kier alpha value is -3.19. The summed E-state index contributed by atoms with van der Waals surface area (Å²) in [6, 6.07) is 10.3. The van der Waals surface area contributed by atoms with Crippen LogP contribution in [0, 0.1) is 18.2 Å². The summed E-state index contributed by atoms with van der Waals surface area (Å²) in [5.41, 5.74) is 12.4. The normalized spacial score (nSPS) is 20.9. The maximum absolute atomic E-state index is 14.6. The maximum atomic E-state index is 14.6. The second kappa shape index (κ2) is 7.17. The van der Waals surface area contributed by atoms with Gasteiger partial charge in [0.25, 0.3) is 0 Å². The molecule has 6 rings (SSSR count). The van der Waals surface area contributed by atoms with Gasteiger partial charge in [0.1, 0.15) is 11.5 Å². The molecule has 1 aliphatic carbocycles. The molecule has 162 valence electrons. The standard InChI is InChI=1S/C25H25FN6/c1-15-21(26)18(6-9-28-15)22-23-19(13-29-22)31-20(14-30-23)32-10-7-25(8-11-32)12-16-4-2-3-5-17(16)24(25)27/h2-6,9,14,24H,7-8,10-13,27H2,1H3/t24-/m1/s1. The third-order valence-electron chi connectivity index (χ3n) is 7.44. The highest BCUT2D eigenvalue weighted by Gasteiger charge is 2.46. The van der Waals surface area contributed by atoms with Crippen LogP contribution in [0.25, 0.3) is 0 Å². The Kier molecular flexibility index (Phi) is 4.37. The number of hydrogen-bond acceptors (Lipinski definition) is 6. The minimum atomic E-state index is -0.347. The number of piperidine rings is 1. The number of nitrogens with zero attached hydrogens (tertiary/aromatic N) is 5. The van der Waals surface area contributed by atoms with Crippen LogP contribution in [0.1, 0.15) is 52.7 Å². The summed E-state index contributed by atoms with van der Waals surface area (Å²) in [4.78, 5) is 20.4. The Labute approximate surface area is 186 Å². The van der Waals surface area contributed by atoms with E-state index in [2.05, 4.69) is 44.1 Å². The summed E-state index contributed by atoms with van der Waals surface area (Å²) in [6.07, 6.45) is 6.52. The van der Waals surface area contributed by atoms with Crippen molar-refractivity contribution in [3.05, 3.63) is 82.3 Å². The molecule has 1 atom stereocenters. The summed E-state index contributed by atoms with van der Waals surface area (Å²) in [5, 5.41) is 0. The first-order valence-electron chi connectivity index (χ1n) is 11.2. The Morgan fingerprint density at radius 1 is 1.12 bits per heavy atom. The fraction of sp³-hybridized carbons (Fsp3) is 0.360. The van der Waals surface area contributed by atoms with Crippen LogP contribution in [0.2, 0.25) is 0 Å². The third-order valence-corrected chi connectivity index (χ3v) is 7.44. The van der Waals surface area contributed by atoms with Crippen LogP contribution in [0.15, 0.2) is 47.7 Å². The highest BCUT2D eigenvalue weighted by Crippen LogP contribution is 2.50. The van der Waals surface area contributed by atoms with Gasteiger partial charge in [0.15, 0.2) is 5.82 Å². The van der Waals surface area contributed by atoms with Gasteiger partial charge in [-0.25, -0.2) is 14.4 Å². The van der Waals surface area contributed by atoms with Gasteiger partial charge in [-0.1, -0.05) is 24.3 Å². The fourth-order valence-electron chi connectivity index (χ4n) is 5.54. The van der Waals surface area contributed by atoms with E-state index >= 15 is 0 Å². The Morgan fingerprint density at radius 2 is 1.94 bits per heavy atom. The Bertz CT molecular complexity index is 1240. The first kappa shape index (κ1) is 19.5. The van der Waals surface area contributed by atoms with Gasteiger partial charge in [-0.2, -0.15) is 0 Å². The van der Waals surface area contributed by atoms with Gasteiger partial charge in [0.05, 0.1) is 29.8 Å². The van der Waals surface area contributed by atoms with Crippen molar-refractivity contribution in [2.75, 3.05) is 18.0 Å². The molecule has 1 aromatic carbocycles. The molecule has 2 aromatic heterocycles. The van der Waals surface area contributed by atoms with Crippen molar-refractivity contribution < 1.29 is 4.39 Å². The number of benzene rings is 1. The summed E-state index contributed by atoms with van der Waals surface area (Å²) < 4.78 is 14.6. The minimum absolute atomic E-state index is 0.0987. The van der Waals surface area contributed by atoms with Gasteiger partial charge in [0.2, 0.25) is 0 Å². The smallest absolute Gasteiger partial charge is 0.153 e. The van der Waals surface area contributed by atoms with E-state index in [9.17, 15) is 4.39 Å². The van der Waals surface area contributed by atoms with Gasteiger partial charge >= 0.3 is 0 Å². The molecule has 7 heteroatoms. The summed E-state index contributed by atoms with van der Waals surface area (Å²) in [5.74, 6) is 0.519. The largest absolute Gasteiger partial charge is 0.355 e. The summed E-state index contributed by atoms with van der Waals surface area (Å²) in [6.45, 7) is 3.88. The molecule has 0 saturated carbocycles. The van der Waals surface area contributed by atoms with Crippen LogP contribution in [0.3, 0.4) is 0 Å². The van der Waals surface area contributed by atoms with Crippen LogP contribution in [-0.2, 0) is 13.0 Å². The number of aryl methyl sites for hydroxylation is 1. The number of aliphatic imine (C=N–C) groups is 1. The summed E-state index contributed by atoms with van der Waals surface area (Å²) >= 11 is 0. The molecule has 6 nitrogen and oxygen atoms in total. The molecule has 2 N–H and O–H groups in total. The molecule has 0 bridgehead atoms. The lowest BCUT2D eigenvalue weighted by molar-refractivity contribution is 0.187. The molecule has 0 unspecified atom stereocenters. The molecular formula is C25H25FN6. The number of hydrogen-bond donors (Lipinski definition) is 1. The molecule has 1 fully saturated rings. The van der Waals surface area contributed by atoms with Crippen LogP contribution in [0.4, 0.5) is 10.2 Å². The van der Waals surface area contributed by atoms with Crippen LogP contribution in [-0.4, -0.2) is 33.8 Å². The van der Waals surface area contributed by atoms with E-state index in [-0.39, 0.29) is 17.3 Å². The van der Waals surface area contributed by atoms with Crippen molar-refractivity contribution in [2.24, 2.45) is 16.1 Å². The van der Waals surface area contributed by atoms with Crippen LogP contribution >= 0.6 is 0 Å². The second-order valence-electron chi connectivity index (χ2n) is 9.15. The zero-order chi connectivity index (χ0) is 21.9. The Balaban J connectivity index is 1.21. The van der Waals surface area contributed by atoms with Crippen molar-refractivity contribution in [3.63, 3.8) is 0 Å². The number of anilines is 1. The van der Waals surface area contributed by atoms with Gasteiger partial charge in [-0.05, 0) is 48.8 Å². The predicted molar refractivity (Wildman–Crippen MR) is 121 cm³/mol. The van der Waals surface area contributed by atoms with E-state index in [1.165, 1.54) is 11.1 Å². The average molecular weight is 429 g/mol. The molecule has 1 saturated heterocycles. The van der Waals surface area contributed by atoms with Gasteiger partial charge in [-0.3, -0.25) is 9.98 Å². The van der Waals surface area contributed by atoms with Crippen molar-refractivity contribution in [3.8, 4) is 0 Å². The number of aromatic nitrogens is 3. The number of fused-ring (bicyclic) bond motifs is 2. The molecule has 2 aliphatic heterocycles.